The van der Waals surface area contributed by atoms with Crippen LogP contribution in [0.25, 0.3) is 12.2 Å². The maximum Gasteiger partial charge on any atom is 0.181 e. The smallest absolute Gasteiger partial charge is 0.181 e. The molecular formula is C17H14N4O. The molecule has 3 rings (SSSR count). The Morgan fingerprint density at radius 2 is 1.77 bits per heavy atom. The third-order valence-corrected chi connectivity index (χ3v) is 2.97. The van der Waals surface area contributed by atoms with Gasteiger partial charge in [-0.15, -0.1) is 0 Å². The Hall–Kier alpha value is -3.08. The van der Waals surface area contributed by atoms with Crippen LogP contribution in [0, 0.1) is 0 Å². The van der Waals surface area contributed by atoms with Crippen molar-refractivity contribution in [2.45, 2.75) is 6.54 Å². The molecule has 0 aliphatic carbocycles. The summed E-state index contributed by atoms with van der Waals surface area (Å²) in [5.74, 6) is 0.723. The third kappa shape index (κ3) is 3.96. The van der Waals surface area contributed by atoms with Crippen LogP contribution in [0.5, 0.6) is 0 Å². The second-order valence-corrected chi connectivity index (χ2v) is 4.58. The molecule has 0 N–H and O–H groups in total. The van der Waals surface area contributed by atoms with E-state index in [4.69, 9.17) is 4.42 Å². The van der Waals surface area contributed by atoms with E-state index in [1.807, 2.05) is 48.6 Å². The first-order valence-corrected chi connectivity index (χ1v) is 6.83. The minimum atomic E-state index is 0.551. The van der Waals surface area contributed by atoms with Crippen LogP contribution in [0.15, 0.2) is 76.0 Å². The molecule has 3 aromatic rings. The van der Waals surface area contributed by atoms with Crippen molar-refractivity contribution in [1.29, 1.82) is 0 Å². The molecule has 0 bridgehead atoms. The van der Waals surface area contributed by atoms with Crippen molar-refractivity contribution in [3.8, 4) is 0 Å². The van der Waals surface area contributed by atoms with Gasteiger partial charge in [0.25, 0.3) is 0 Å². The quantitative estimate of drug-likeness (QED) is 0.649. The first kappa shape index (κ1) is 13.9. The van der Waals surface area contributed by atoms with Gasteiger partial charge in [0.1, 0.15) is 5.76 Å². The maximum atomic E-state index is 5.14. The lowest BCUT2D eigenvalue weighted by Crippen LogP contribution is -1.79. The Balaban J connectivity index is 1.59. The summed E-state index contributed by atoms with van der Waals surface area (Å²) in [5, 5.41) is 8.39. The Kier molecular flexibility index (Phi) is 4.47. The zero-order valence-corrected chi connectivity index (χ0v) is 11.8. The van der Waals surface area contributed by atoms with Crippen LogP contribution in [-0.2, 0) is 6.54 Å². The van der Waals surface area contributed by atoms with Gasteiger partial charge >= 0.3 is 0 Å². The summed E-state index contributed by atoms with van der Waals surface area (Å²) >= 11 is 0. The topological polar surface area (TPSA) is 63.6 Å². The zero-order chi connectivity index (χ0) is 15.0. The lowest BCUT2D eigenvalue weighted by Gasteiger charge is -1.96. The van der Waals surface area contributed by atoms with E-state index in [-0.39, 0.29) is 0 Å². The van der Waals surface area contributed by atoms with Crippen molar-refractivity contribution in [2.24, 2.45) is 10.2 Å². The molecular weight excluding hydrogens is 276 g/mol. The van der Waals surface area contributed by atoms with E-state index >= 15 is 0 Å². The molecule has 22 heavy (non-hydrogen) atoms. The molecule has 0 aliphatic rings. The number of pyridine rings is 1. The number of benzene rings is 1. The average molecular weight is 290 g/mol. The van der Waals surface area contributed by atoms with Crippen molar-refractivity contribution < 1.29 is 4.42 Å². The molecule has 0 saturated carbocycles. The normalized spacial score (nSPS) is 11.5. The van der Waals surface area contributed by atoms with Gasteiger partial charge in [-0.2, -0.15) is 10.2 Å². The van der Waals surface area contributed by atoms with Gasteiger partial charge in [-0.05, 0) is 41.5 Å². The molecule has 0 saturated heterocycles. The van der Waals surface area contributed by atoms with Crippen LogP contribution in [0.2, 0.25) is 0 Å². The molecule has 0 atom stereocenters. The highest BCUT2D eigenvalue weighted by molar-refractivity contribution is 5.67. The van der Waals surface area contributed by atoms with Gasteiger partial charge in [-0.3, -0.25) is 4.98 Å². The highest BCUT2D eigenvalue weighted by Gasteiger charge is 1.93. The van der Waals surface area contributed by atoms with Crippen LogP contribution >= 0.6 is 0 Å². The van der Waals surface area contributed by atoms with Crippen molar-refractivity contribution in [1.82, 2.24) is 9.97 Å². The molecule has 5 nitrogen and oxygen atoms in total. The van der Waals surface area contributed by atoms with Crippen molar-refractivity contribution in [3.05, 3.63) is 78.3 Å². The molecule has 0 radical (unpaired) electrons. The fraction of sp³-hybridized carbons (Fsp3) is 0.0588. The fourth-order valence-electron chi connectivity index (χ4n) is 1.83. The van der Waals surface area contributed by atoms with E-state index in [9.17, 15) is 0 Å². The van der Waals surface area contributed by atoms with Gasteiger partial charge in [0, 0.05) is 12.4 Å². The van der Waals surface area contributed by atoms with E-state index in [2.05, 4.69) is 20.2 Å². The number of hydrogen-bond acceptors (Lipinski definition) is 5. The summed E-state index contributed by atoms with van der Waals surface area (Å²) in [6, 6.07) is 11.7. The third-order valence-electron chi connectivity index (χ3n) is 2.97. The predicted octanol–water partition coefficient (Wildman–Crippen LogP) is 4.52. The Labute approximate surface area is 128 Å². The molecule has 108 valence electrons. The maximum absolute atomic E-state index is 5.14. The van der Waals surface area contributed by atoms with Crippen LogP contribution < -0.4 is 0 Å². The highest BCUT2D eigenvalue weighted by Crippen LogP contribution is 2.16. The molecule has 0 unspecified atom stereocenters. The van der Waals surface area contributed by atoms with Gasteiger partial charge in [-0.1, -0.05) is 18.2 Å². The second-order valence-electron chi connectivity index (χ2n) is 4.58. The number of aromatic nitrogens is 2. The van der Waals surface area contributed by atoms with Gasteiger partial charge in [0.05, 0.1) is 18.4 Å². The first-order chi connectivity index (χ1) is 10.9. The van der Waals surface area contributed by atoms with Gasteiger partial charge in [0.15, 0.2) is 6.39 Å². The van der Waals surface area contributed by atoms with Crippen LogP contribution in [0.3, 0.4) is 0 Å². The summed E-state index contributed by atoms with van der Waals surface area (Å²) in [5.41, 5.74) is 2.97. The summed E-state index contributed by atoms with van der Waals surface area (Å²) in [7, 11) is 0. The zero-order valence-electron chi connectivity index (χ0n) is 11.8. The average Bonchev–Trinajstić information content (AvgIpc) is 3.09. The minimum absolute atomic E-state index is 0.551. The summed E-state index contributed by atoms with van der Waals surface area (Å²) < 4.78 is 5.14. The Bertz CT molecular complexity index is 747. The van der Waals surface area contributed by atoms with Crippen molar-refractivity contribution in [2.75, 3.05) is 0 Å². The minimum Gasteiger partial charge on any atom is -0.444 e. The summed E-state index contributed by atoms with van der Waals surface area (Å²) in [6.07, 6.45) is 10.4. The van der Waals surface area contributed by atoms with E-state index in [1.165, 1.54) is 6.39 Å². The molecule has 5 heteroatoms. The van der Waals surface area contributed by atoms with E-state index in [1.54, 1.807) is 18.6 Å². The number of hydrogen-bond donors (Lipinski definition) is 0. The number of azo groups is 1. The number of oxazole rings is 1. The molecule has 2 heterocycles. The van der Waals surface area contributed by atoms with Crippen LogP contribution in [-0.4, -0.2) is 9.97 Å². The molecule has 0 amide bonds. The molecule has 0 spiro atoms. The SMILES string of the molecule is C(=Cc1cnco1)c1ccc(N=NCc2ccncc2)cc1. The lowest BCUT2D eigenvalue weighted by molar-refractivity contribution is 0.548. The predicted molar refractivity (Wildman–Crippen MR) is 84.3 cm³/mol. The molecule has 0 fully saturated rings. The van der Waals surface area contributed by atoms with E-state index in [0.717, 1.165) is 22.6 Å². The summed E-state index contributed by atoms with van der Waals surface area (Å²) in [4.78, 5) is 7.83. The van der Waals surface area contributed by atoms with Crippen molar-refractivity contribution >= 4 is 17.8 Å². The number of nitrogens with zero attached hydrogens (tertiary/aromatic N) is 4. The monoisotopic (exact) mass is 290 g/mol. The molecule has 2 aromatic heterocycles. The lowest BCUT2D eigenvalue weighted by atomic mass is 10.2. The van der Waals surface area contributed by atoms with Crippen molar-refractivity contribution in [3.63, 3.8) is 0 Å². The number of rotatable bonds is 5. The first-order valence-electron chi connectivity index (χ1n) is 6.83. The van der Waals surface area contributed by atoms with E-state index < -0.39 is 0 Å². The fourth-order valence-corrected chi connectivity index (χ4v) is 1.83. The second kappa shape index (κ2) is 7.08. The van der Waals surface area contributed by atoms with Gasteiger partial charge < -0.3 is 4.42 Å². The van der Waals surface area contributed by atoms with E-state index in [0.29, 0.717) is 6.54 Å². The van der Waals surface area contributed by atoms with Gasteiger partial charge in [-0.25, -0.2) is 4.98 Å². The molecule has 0 aliphatic heterocycles. The van der Waals surface area contributed by atoms with Crippen LogP contribution in [0.1, 0.15) is 16.9 Å². The summed E-state index contributed by atoms with van der Waals surface area (Å²) in [6.45, 7) is 0.551. The standard InChI is InChI=1S/C17H14N4O/c1-4-16(21-20-11-15-7-9-18-10-8-15)5-2-14(1)3-6-17-12-19-13-22-17/h1-10,12-13H,11H2. The van der Waals surface area contributed by atoms with Gasteiger partial charge in [0.2, 0.25) is 0 Å². The highest BCUT2D eigenvalue weighted by atomic mass is 16.3. The Morgan fingerprint density at radius 1 is 0.955 bits per heavy atom. The largest absolute Gasteiger partial charge is 0.444 e. The van der Waals surface area contributed by atoms with Crippen LogP contribution in [0.4, 0.5) is 5.69 Å². The Morgan fingerprint density at radius 3 is 2.50 bits per heavy atom. The molecule has 1 aromatic carbocycles.